The monoisotopic (exact) mass is 371 g/mol. The number of ether oxygens (including phenoxy) is 1. The van der Waals surface area contributed by atoms with Crippen LogP contribution in [0.4, 0.5) is 0 Å². The van der Waals surface area contributed by atoms with Crippen LogP contribution in [0.1, 0.15) is 53.6 Å². The van der Waals surface area contributed by atoms with Crippen LogP contribution in [-0.4, -0.2) is 53.8 Å². The van der Waals surface area contributed by atoms with Gasteiger partial charge in [-0.05, 0) is 44.8 Å². The van der Waals surface area contributed by atoms with Crippen molar-refractivity contribution in [3.8, 4) is 5.75 Å². The second-order valence-electron chi connectivity index (χ2n) is 8.15. The summed E-state index contributed by atoms with van der Waals surface area (Å²) in [5.41, 5.74) is 2.99. The molecule has 2 amide bonds. The molecule has 1 aromatic carbocycles. The molecular weight excluding hydrogens is 346 g/mol. The predicted octanol–water partition coefficient (Wildman–Crippen LogP) is 0.643. The number of rotatable bonds is 1. The molecule has 2 unspecified atom stereocenters. The first-order chi connectivity index (χ1) is 13.1. The third kappa shape index (κ3) is 2.56. The summed E-state index contributed by atoms with van der Waals surface area (Å²) in [5, 5.41) is 16.3. The van der Waals surface area contributed by atoms with Crippen molar-refractivity contribution in [3.63, 3.8) is 0 Å². The second-order valence-corrected chi connectivity index (χ2v) is 8.15. The number of aliphatic hydroxyl groups is 1. The van der Waals surface area contributed by atoms with Gasteiger partial charge in [-0.15, -0.1) is 0 Å². The minimum absolute atomic E-state index is 0.0819. The largest absolute Gasteiger partial charge is 0.493 e. The van der Waals surface area contributed by atoms with Crippen molar-refractivity contribution < 1.29 is 19.4 Å². The van der Waals surface area contributed by atoms with Gasteiger partial charge in [0.05, 0.1) is 19.2 Å². The Hall–Kier alpha value is -2.12. The van der Waals surface area contributed by atoms with Crippen LogP contribution in [-0.2, 0) is 16.8 Å². The van der Waals surface area contributed by atoms with Crippen molar-refractivity contribution in [1.82, 2.24) is 15.5 Å². The number of carbonyl (C=O) groups is 2. The molecule has 5 rings (SSSR count). The topological polar surface area (TPSA) is 90.9 Å². The maximum absolute atomic E-state index is 13.0. The Kier molecular flexibility index (Phi) is 3.91. The van der Waals surface area contributed by atoms with Crippen LogP contribution < -0.4 is 15.4 Å². The molecule has 0 aromatic heterocycles. The lowest BCUT2D eigenvalue weighted by molar-refractivity contribution is -0.129. The zero-order valence-electron chi connectivity index (χ0n) is 15.3. The van der Waals surface area contributed by atoms with Crippen LogP contribution in [0.25, 0.3) is 0 Å². The van der Waals surface area contributed by atoms with Gasteiger partial charge in [0.15, 0.2) is 0 Å². The molecule has 3 N–H and O–H groups in total. The number of carbonyl (C=O) groups excluding carboxylic acids is 2. The molecule has 0 saturated carbocycles. The number of nitrogens with one attached hydrogen (secondary N) is 2. The van der Waals surface area contributed by atoms with E-state index in [1.54, 1.807) is 4.90 Å². The van der Waals surface area contributed by atoms with Gasteiger partial charge in [-0.25, -0.2) is 0 Å². The fraction of sp³-hybridized carbons (Fsp3) is 0.600. The molecule has 4 heterocycles. The predicted molar refractivity (Wildman–Crippen MR) is 97.4 cm³/mol. The van der Waals surface area contributed by atoms with Crippen LogP contribution in [0.5, 0.6) is 5.75 Å². The van der Waals surface area contributed by atoms with E-state index in [2.05, 4.69) is 16.7 Å². The van der Waals surface area contributed by atoms with Crippen molar-refractivity contribution in [2.45, 2.75) is 56.3 Å². The van der Waals surface area contributed by atoms with Crippen LogP contribution in [0, 0.1) is 0 Å². The molecular formula is C20H25N3O4. The molecule has 0 aliphatic carbocycles. The number of nitrogens with zero attached hydrogens (tertiary/aromatic N) is 1. The van der Waals surface area contributed by atoms with Crippen LogP contribution in [0.3, 0.4) is 0 Å². The number of amides is 2. The Labute approximate surface area is 158 Å². The molecule has 0 bridgehead atoms. The van der Waals surface area contributed by atoms with Gasteiger partial charge in [0.1, 0.15) is 12.0 Å². The Morgan fingerprint density at radius 3 is 2.78 bits per heavy atom. The smallest absolute Gasteiger partial charge is 0.255 e. The zero-order chi connectivity index (χ0) is 18.6. The molecule has 0 radical (unpaired) electrons. The van der Waals surface area contributed by atoms with E-state index >= 15 is 0 Å². The third-order valence-electron chi connectivity index (χ3n) is 6.78. The van der Waals surface area contributed by atoms with Crippen molar-refractivity contribution in [3.05, 3.63) is 28.8 Å². The van der Waals surface area contributed by atoms with Gasteiger partial charge in [-0.2, -0.15) is 0 Å². The highest BCUT2D eigenvalue weighted by atomic mass is 16.5. The van der Waals surface area contributed by atoms with Crippen LogP contribution >= 0.6 is 0 Å². The molecule has 144 valence electrons. The Morgan fingerprint density at radius 1 is 1.19 bits per heavy atom. The van der Waals surface area contributed by atoms with Gasteiger partial charge in [-0.3, -0.25) is 9.59 Å². The summed E-state index contributed by atoms with van der Waals surface area (Å²) in [7, 11) is 0. The highest BCUT2D eigenvalue weighted by Crippen LogP contribution is 2.48. The van der Waals surface area contributed by atoms with Gasteiger partial charge >= 0.3 is 0 Å². The summed E-state index contributed by atoms with van der Waals surface area (Å²) >= 11 is 0. The van der Waals surface area contributed by atoms with Crippen molar-refractivity contribution in [2.24, 2.45) is 0 Å². The molecule has 7 heteroatoms. The summed E-state index contributed by atoms with van der Waals surface area (Å²) in [4.78, 5) is 26.2. The minimum atomic E-state index is -1.02. The molecule has 7 nitrogen and oxygen atoms in total. The quantitative estimate of drug-likeness (QED) is 0.674. The SMILES string of the molecule is O=C1CCC(N2Cc3c(ccc4c3OCCC43CCNCC3)C2=O)C(O)N1. The van der Waals surface area contributed by atoms with E-state index in [9.17, 15) is 14.7 Å². The fourth-order valence-electron chi connectivity index (χ4n) is 5.24. The van der Waals surface area contributed by atoms with Gasteiger partial charge in [0.25, 0.3) is 5.91 Å². The molecule has 27 heavy (non-hydrogen) atoms. The zero-order valence-corrected chi connectivity index (χ0v) is 15.3. The molecule has 2 atom stereocenters. The summed E-state index contributed by atoms with van der Waals surface area (Å²) in [6.07, 6.45) is 2.99. The molecule has 1 spiro atoms. The van der Waals surface area contributed by atoms with Gasteiger partial charge in [-0.1, -0.05) is 6.07 Å². The lowest BCUT2D eigenvalue weighted by Gasteiger charge is -2.42. The maximum atomic E-state index is 13.0. The lowest BCUT2D eigenvalue weighted by Crippen LogP contribution is -2.55. The normalized spacial score (nSPS) is 29.1. The van der Waals surface area contributed by atoms with Crippen LogP contribution in [0.15, 0.2) is 12.1 Å². The van der Waals surface area contributed by atoms with E-state index < -0.39 is 12.3 Å². The second kappa shape index (κ2) is 6.21. The Bertz CT molecular complexity index is 803. The van der Waals surface area contributed by atoms with E-state index in [-0.39, 0.29) is 17.2 Å². The van der Waals surface area contributed by atoms with Gasteiger partial charge in [0, 0.05) is 28.5 Å². The van der Waals surface area contributed by atoms with E-state index in [0.717, 1.165) is 43.7 Å². The number of benzene rings is 1. The average molecular weight is 371 g/mol. The minimum Gasteiger partial charge on any atom is -0.493 e. The molecule has 1 aromatic rings. The molecule has 4 aliphatic rings. The first-order valence-corrected chi connectivity index (χ1v) is 9.87. The number of hydrogen-bond acceptors (Lipinski definition) is 5. The number of fused-ring (bicyclic) bond motifs is 4. The lowest BCUT2D eigenvalue weighted by atomic mass is 9.69. The third-order valence-corrected chi connectivity index (χ3v) is 6.78. The standard InChI is InChI=1S/C20H25N3O4/c24-16-4-3-15(18(25)22-16)23-11-13-12(19(23)26)1-2-14-17(13)27-10-7-20(14)5-8-21-9-6-20/h1-2,15,18,21,25H,3-11H2,(H,22,24). The summed E-state index contributed by atoms with van der Waals surface area (Å²) < 4.78 is 6.09. The summed E-state index contributed by atoms with van der Waals surface area (Å²) in [5.74, 6) is 0.629. The van der Waals surface area contributed by atoms with Gasteiger partial charge < -0.3 is 25.4 Å². The summed E-state index contributed by atoms with van der Waals surface area (Å²) in [6.45, 7) is 3.13. The average Bonchev–Trinajstić information content (AvgIpc) is 3.00. The van der Waals surface area contributed by atoms with E-state index in [0.29, 0.717) is 31.6 Å². The number of hydrogen-bond donors (Lipinski definition) is 3. The maximum Gasteiger partial charge on any atom is 0.255 e. The van der Waals surface area contributed by atoms with E-state index in [1.165, 1.54) is 5.56 Å². The van der Waals surface area contributed by atoms with E-state index in [1.807, 2.05) is 6.07 Å². The molecule has 2 saturated heterocycles. The van der Waals surface area contributed by atoms with Crippen LogP contribution in [0.2, 0.25) is 0 Å². The fourth-order valence-corrected chi connectivity index (χ4v) is 5.24. The molecule has 4 aliphatic heterocycles. The van der Waals surface area contributed by atoms with Crippen molar-refractivity contribution >= 4 is 11.8 Å². The highest BCUT2D eigenvalue weighted by Gasteiger charge is 2.44. The summed E-state index contributed by atoms with van der Waals surface area (Å²) in [6, 6.07) is 3.62. The number of piperidine rings is 2. The highest BCUT2D eigenvalue weighted by molar-refractivity contribution is 6.00. The number of aliphatic hydroxyl groups excluding tert-OH is 1. The van der Waals surface area contributed by atoms with Crippen molar-refractivity contribution in [1.29, 1.82) is 0 Å². The molecule has 2 fully saturated rings. The Balaban J connectivity index is 1.50. The van der Waals surface area contributed by atoms with Gasteiger partial charge in [0.2, 0.25) is 5.91 Å². The Morgan fingerprint density at radius 2 is 2.00 bits per heavy atom. The first kappa shape index (κ1) is 17.0. The first-order valence-electron chi connectivity index (χ1n) is 9.87. The van der Waals surface area contributed by atoms with E-state index in [4.69, 9.17) is 4.74 Å². The van der Waals surface area contributed by atoms with Crippen molar-refractivity contribution in [2.75, 3.05) is 19.7 Å².